The molecule has 0 radical (unpaired) electrons. The van der Waals surface area contributed by atoms with Crippen molar-refractivity contribution >= 4 is 11.6 Å². The number of anilines is 1. The van der Waals surface area contributed by atoms with Crippen LogP contribution in [0, 0.1) is 0 Å². The molecule has 0 bridgehead atoms. The summed E-state index contributed by atoms with van der Waals surface area (Å²) in [5.74, 6) is 0.556. The third-order valence-corrected chi connectivity index (χ3v) is 7.04. The first-order chi connectivity index (χ1) is 17.4. The molecular weight excluding hydrogens is 458 g/mol. The van der Waals surface area contributed by atoms with E-state index >= 15 is 0 Å². The molecule has 0 amide bonds. The number of Topliss-reactive ketones (excluding diaryl/α,β-unsaturated/α-hetero) is 1. The van der Waals surface area contributed by atoms with Crippen molar-refractivity contribution in [1.29, 1.82) is 0 Å². The second-order valence-electron chi connectivity index (χ2n) is 9.49. The first kappa shape index (κ1) is 24.0. The number of piperazine rings is 1. The average Bonchev–Trinajstić information content (AvgIpc) is 3.35. The van der Waals surface area contributed by atoms with Crippen molar-refractivity contribution in [2.75, 3.05) is 45.1 Å². The molecule has 0 atom stereocenters. The summed E-state index contributed by atoms with van der Waals surface area (Å²) < 4.78 is 7.85. The summed E-state index contributed by atoms with van der Waals surface area (Å²) in [6, 6.07) is 15.7. The van der Waals surface area contributed by atoms with Crippen LogP contribution in [0.5, 0.6) is 5.75 Å². The van der Waals surface area contributed by atoms with Gasteiger partial charge in [-0.2, -0.15) is 0 Å². The van der Waals surface area contributed by atoms with Gasteiger partial charge in [-0.3, -0.25) is 28.5 Å². The number of fused-ring (bicyclic) bond motifs is 1. The third-order valence-electron chi connectivity index (χ3n) is 7.04. The van der Waals surface area contributed by atoms with Crippen molar-refractivity contribution in [2.24, 2.45) is 7.05 Å². The van der Waals surface area contributed by atoms with Gasteiger partial charge in [0.05, 0.1) is 19.7 Å². The van der Waals surface area contributed by atoms with Gasteiger partial charge in [0.25, 0.3) is 5.56 Å². The molecular formula is C27H31N5O4. The van der Waals surface area contributed by atoms with Gasteiger partial charge < -0.3 is 10.5 Å². The summed E-state index contributed by atoms with van der Waals surface area (Å²) in [7, 11) is 1.38. The Morgan fingerprint density at radius 1 is 0.944 bits per heavy atom. The highest BCUT2D eigenvalue weighted by atomic mass is 16.5. The fourth-order valence-electron chi connectivity index (χ4n) is 4.95. The standard InChI is InChI=1S/C27H31N5O4/c1-29-26(34)24(25(28)32(27(29)35)17-19-5-3-2-4-6-19)22(33)18-31-12-10-30(11-13-31)16-20-7-8-23-21(15-20)9-14-36-23/h2-8,15H,9-14,16-18,28H2,1H3. The summed E-state index contributed by atoms with van der Waals surface area (Å²) in [5.41, 5.74) is 8.34. The Morgan fingerprint density at radius 3 is 2.42 bits per heavy atom. The normalized spacial score (nSPS) is 16.0. The van der Waals surface area contributed by atoms with E-state index in [0.717, 1.165) is 48.5 Å². The molecule has 2 aliphatic heterocycles. The van der Waals surface area contributed by atoms with Gasteiger partial charge in [0.1, 0.15) is 17.1 Å². The number of hydrogen-bond donors (Lipinski definition) is 1. The van der Waals surface area contributed by atoms with Crippen molar-refractivity contribution < 1.29 is 9.53 Å². The van der Waals surface area contributed by atoms with E-state index in [9.17, 15) is 14.4 Å². The zero-order valence-corrected chi connectivity index (χ0v) is 20.5. The van der Waals surface area contributed by atoms with Gasteiger partial charge in [-0.25, -0.2) is 4.79 Å². The lowest BCUT2D eigenvalue weighted by atomic mass is 10.1. The summed E-state index contributed by atoms with van der Waals surface area (Å²) in [5, 5.41) is 0. The Bertz CT molecular complexity index is 1390. The topological polar surface area (TPSA) is 103 Å². The minimum absolute atomic E-state index is 0.0730. The lowest BCUT2D eigenvalue weighted by Gasteiger charge is -2.34. The van der Waals surface area contributed by atoms with Crippen LogP contribution in [0.25, 0.3) is 0 Å². The molecule has 9 nitrogen and oxygen atoms in total. The number of aromatic nitrogens is 2. The molecule has 188 valence electrons. The van der Waals surface area contributed by atoms with Gasteiger partial charge in [-0.05, 0) is 22.8 Å². The molecule has 2 aliphatic rings. The number of nitrogens with zero attached hydrogens (tertiary/aromatic N) is 4. The molecule has 0 spiro atoms. The summed E-state index contributed by atoms with van der Waals surface area (Å²) in [4.78, 5) is 43.2. The predicted octanol–water partition coefficient (Wildman–Crippen LogP) is 1.11. The van der Waals surface area contributed by atoms with E-state index in [-0.39, 0.29) is 30.3 Å². The number of benzene rings is 2. The Morgan fingerprint density at radius 2 is 1.67 bits per heavy atom. The zero-order chi connectivity index (χ0) is 25.2. The van der Waals surface area contributed by atoms with E-state index in [0.29, 0.717) is 13.1 Å². The number of nitrogen functional groups attached to an aromatic ring is 1. The fourth-order valence-corrected chi connectivity index (χ4v) is 4.95. The average molecular weight is 490 g/mol. The molecule has 1 fully saturated rings. The maximum atomic E-state index is 13.2. The van der Waals surface area contributed by atoms with Gasteiger partial charge in [0, 0.05) is 46.2 Å². The lowest BCUT2D eigenvalue weighted by molar-refractivity contribution is 0.0842. The maximum absolute atomic E-state index is 13.2. The molecule has 3 aromatic rings. The van der Waals surface area contributed by atoms with Crippen LogP contribution in [-0.4, -0.2) is 64.0 Å². The Balaban J connectivity index is 1.25. The number of hydrogen-bond acceptors (Lipinski definition) is 7. The Kier molecular flexibility index (Phi) is 6.75. The number of carbonyl (C=O) groups excluding carboxylic acids is 1. The van der Waals surface area contributed by atoms with Crippen molar-refractivity contribution in [3.63, 3.8) is 0 Å². The van der Waals surface area contributed by atoms with Gasteiger partial charge in [-0.1, -0.05) is 42.5 Å². The first-order valence-electron chi connectivity index (χ1n) is 12.3. The highest BCUT2D eigenvalue weighted by molar-refractivity contribution is 6.01. The second kappa shape index (κ2) is 10.1. The number of nitrogens with two attached hydrogens (primary N) is 1. The van der Waals surface area contributed by atoms with Crippen LogP contribution in [0.15, 0.2) is 58.1 Å². The Labute approximate surface area is 209 Å². The third kappa shape index (κ3) is 4.84. The smallest absolute Gasteiger partial charge is 0.332 e. The van der Waals surface area contributed by atoms with Crippen molar-refractivity contribution in [2.45, 2.75) is 19.5 Å². The SMILES string of the molecule is Cn1c(=O)c(C(=O)CN2CCN(Cc3ccc4c(c3)CCO4)CC2)c(N)n(Cc2ccccc2)c1=O. The van der Waals surface area contributed by atoms with Gasteiger partial charge in [-0.15, -0.1) is 0 Å². The van der Waals surface area contributed by atoms with E-state index in [1.165, 1.54) is 22.7 Å². The fraction of sp³-hybridized carbons (Fsp3) is 0.370. The predicted molar refractivity (Wildman–Crippen MR) is 138 cm³/mol. The summed E-state index contributed by atoms with van der Waals surface area (Å²) in [6.45, 7) is 4.95. The van der Waals surface area contributed by atoms with E-state index in [1.807, 2.05) is 35.2 Å². The number of ketones is 1. The zero-order valence-electron chi connectivity index (χ0n) is 20.5. The van der Waals surface area contributed by atoms with Crippen LogP contribution in [0.2, 0.25) is 0 Å². The molecule has 2 N–H and O–H groups in total. The molecule has 36 heavy (non-hydrogen) atoms. The lowest BCUT2D eigenvalue weighted by Crippen LogP contribution is -2.49. The molecule has 0 aliphatic carbocycles. The van der Waals surface area contributed by atoms with Crippen molar-refractivity contribution in [3.8, 4) is 5.75 Å². The van der Waals surface area contributed by atoms with Crippen LogP contribution in [0.4, 0.5) is 5.82 Å². The van der Waals surface area contributed by atoms with Crippen LogP contribution in [0.1, 0.15) is 27.0 Å². The number of ether oxygens (including phenoxy) is 1. The molecule has 5 rings (SSSR count). The highest BCUT2D eigenvalue weighted by Crippen LogP contribution is 2.26. The van der Waals surface area contributed by atoms with Crippen molar-refractivity contribution in [3.05, 3.63) is 91.6 Å². The minimum Gasteiger partial charge on any atom is -0.493 e. The van der Waals surface area contributed by atoms with E-state index in [1.54, 1.807) is 0 Å². The molecule has 0 unspecified atom stereocenters. The van der Waals surface area contributed by atoms with E-state index in [2.05, 4.69) is 23.1 Å². The number of rotatable bonds is 7. The summed E-state index contributed by atoms with van der Waals surface area (Å²) in [6.07, 6.45) is 0.959. The van der Waals surface area contributed by atoms with E-state index in [4.69, 9.17) is 10.5 Å². The van der Waals surface area contributed by atoms with Crippen LogP contribution < -0.4 is 21.7 Å². The monoisotopic (exact) mass is 489 g/mol. The maximum Gasteiger partial charge on any atom is 0.332 e. The van der Waals surface area contributed by atoms with E-state index < -0.39 is 11.2 Å². The van der Waals surface area contributed by atoms with Crippen LogP contribution in [-0.2, 0) is 26.6 Å². The largest absolute Gasteiger partial charge is 0.493 e. The van der Waals surface area contributed by atoms with Crippen molar-refractivity contribution in [1.82, 2.24) is 18.9 Å². The second-order valence-corrected chi connectivity index (χ2v) is 9.49. The van der Waals surface area contributed by atoms with Gasteiger partial charge >= 0.3 is 5.69 Å². The molecule has 1 aromatic heterocycles. The van der Waals surface area contributed by atoms with Gasteiger partial charge in [0.15, 0.2) is 5.78 Å². The molecule has 0 saturated carbocycles. The van der Waals surface area contributed by atoms with Crippen LogP contribution in [0.3, 0.4) is 0 Å². The Hall–Kier alpha value is -3.69. The quantitative estimate of drug-likeness (QED) is 0.496. The molecule has 3 heterocycles. The number of carbonyl (C=O) groups is 1. The first-order valence-corrected chi connectivity index (χ1v) is 12.3. The minimum atomic E-state index is -0.647. The molecule has 1 saturated heterocycles. The summed E-state index contributed by atoms with van der Waals surface area (Å²) >= 11 is 0. The molecule has 2 aromatic carbocycles. The highest BCUT2D eigenvalue weighted by Gasteiger charge is 2.25. The van der Waals surface area contributed by atoms with Crippen LogP contribution >= 0.6 is 0 Å². The van der Waals surface area contributed by atoms with Gasteiger partial charge in [0.2, 0.25) is 0 Å². The molecule has 9 heteroatoms.